The fourth-order valence-corrected chi connectivity index (χ4v) is 2.23. The maximum atomic E-state index is 11.7. The van der Waals surface area contributed by atoms with Gasteiger partial charge in [-0.25, -0.2) is 4.79 Å². The molecule has 0 amide bonds. The topological polar surface area (TPSA) is 44.8 Å². The van der Waals surface area contributed by atoms with Crippen LogP contribution in [0.2, 0.25) is 0 Å². The van der Waals surface area contributed by atoms with E-state index in [-0.39, 0.29) is 5.97 Å². The molecular formula is C14H18O4. The lowest BCUT2D eigenvalue weighted by molar-refractivity contribution is 0.0593. The molecule has 1 aromatic carbocycles. The van der Waals surface area contributed by atoms with Crippen LogP contribution in [0.15, 0.2) is 12.1 Å². The molecule has 98 valence electrons. The van der Waals surface area contributed by atoms with Gasteiger partial charge >= 0.3 is 5.97 Å². The third-order valence-corrected chi connectivity index (χ3v) is 3.14. The van der Waals surface area contributed by atoms with Gasteiger partial charge in [-0.1, -0.05) is 0 Å². The van der Waals surface area contributed by atoms with E-state index in [9.17, 15) is 4.79 Å². The molecule has 1 aliphatic carbocycles. The molecule has 0 unspecified atom stereocenters. The van der Waals surface area contributed by atoms with Crippen molar-refractivity contribution in [3.8, 4) is 5.75 Å². The summed E-state index contributed by atoms with van der Waals surface area (Å²) in [5, 5.41) is 0. The van der Waals surface area contributed by atoms with E-state index in [1.807, 2.05) is 12.1 Å². The molecule has 0 saturated carbocycles. The van der Waals surface area contributed by atoms with Crippen LogP contribution in [0, 0.1) is 0 Å². The van der Waals surface area contributed by atoms with E-state index in [4.69, 9.17) is 14.2 Å². The van der Waals surface area contributed by atoms with Gasteiger partial charge in [0, 0.05) is 7.11 Å². The number of esters is 1. The van der Waals surface area contributed by atoms with Crippen LogP contribution in [0.5, 0.6) is 5.75 Å². The van der Waals surface area contributed by atoms with Gasteiger partial charge in [0.05, 0.1) is 13.7 Å². The van der Waals surface area contributed by atoms with E-state index in [1.54, 1.807) is 7.11 Å². The molecule has 18 heavy (non-hydrogen) atoms. The molecule has 0 atom stereocenters. The highest BCUT2D eigenvalue weighted by atomic mass is 16.5. The van der Waals surface area contributed by atoms with E-state index in [0.717, 1.165) is 19.3 Å². The van der Waals surface area contributed by atoms with Crippen molar-refractivity contribution in [2.24, 2.45) is 0 Å². The quantitative estimate of drug-likeness (QED) is 0.592. The number of fused-ring (bicyclic) bond motifs is 1. The highest BCUT2D eigenvalue weighted by Crippen LogP contribution is 2.30. The molecule has 0 aromatic heterocycles. The predicted octanol–water partition coefficient (Wildman–Crippen LogP) is 1.99. The summed E-state index contributed by atoms with van der Waals surface area (Å²) in [6, 6.07) is 3.86. The van der Waals surface area contributed by atoms with Crippen LogP contribution in [-0.2, 0) is 22.3 Å². The Hall–Kier alpha value is -1.55. The molecule has 0 saturated heterocycles. The summed E-state index contributed by atoms with van der Waals surface area (Å²) < 4.78 is 15.3. The Morgan fingerprint density at radius 1 is 1.17 bits per heavy atom. The summed E-state index contributed by atoms with van der Waals surface area (Å²) in [5.41, 5.74) is 3.01. The number of carbonyl (C=O) groups excluding carboxylic acids is 1. The third kappa shape index (κ3) is 2.64. The number of rotatable bonds is 5. The lowest BCUT2D eigenvalue weighted by Crippen LogP contribution is -2.10. The first kappa shape index (κ1) is 12.9. The standard InChI is InChI=1S/C14H18O4/c1-16-6-7-18-13-9-11-5-3-4-10(11)8-12(13)14(15)17-2/h8-9H,3-7H2,1-2H3. The molecule has 4 nitrogen and oxygen atoms in total. The highest BCUT2D eigenvalue weighted by molar-refractivity contribution is 5.93. The van der Waals surface area contributed by atoms with Crippen molar-refractivity contribution < 1.29 is 19.0 Å². The molecular weight excluding hydrogens is 232 g/mol. The number of benzene rings is 1. The summed E-state index contributed by atoms with van der Waals surface area (Å²) in [4.78, 5) is 11.7. The maximum Gasteiger partial charge on any atom is 0.341 e. The SMILES string of the molecule is COCCOc1cc2c(cc1C(=O)OC)CCC2. The zero-order valence-corrected chi connectivity index (χ0v) is 10.8. The van der Waals surface area contributed by atoms with Crippen LogP contribution in [0.3, 0.4) is 0 Å². The van der Waals surface area contributed by atoms with Crippen molar-refractivity contribution in [1.82, 2.24) is 0 Å². The molecule has 0 radical (unpaired) electrons. The Morgan fingerprint density at radius 2 is 1.89 bits per heavy atom. The van der Waals surface area contributed by atoms with Crippen molar-refractivity contribution in [1.29, 1.82) is 0 Å². The highest BCUT2D eigenvalue weighted by Gasteiger charge is 2.20. The van der Waals surface area contributed by atoms with Gasteiger partial charge < -0.3 is 14.2 Å². The van der Waals surface area contributed by atoms with Gasteiger partial charge in [-0.05, 0) is 42.5 Å². The first-order valence-electron chi connectivity index (χ1n) is 6.12. The maximum absolute atomic E-state index is 11.7. The average molecular weight is 250 g/mol. The summed E-state index contributed by atoms with van der Waals surface area (Å²) in [6.07, 6.45) is 3.21. The Kier molecular flexibility index (Phi) is 4.20. The monoisotopic (exact) mass is 250 g/mol. The van der Waals surface area contributed by atoms with Crippen molar-refractivity contribution in [2.75, 3.05) is 27.4 Å². The number of ether oxygens (including phenoxy) is 3. The van der Waals surface area contributed by atoms with Crippen LogP contribution in [-0.4, -0.2) is 33.4 Å². The van der Waals surface area contributed by atoms with E-state index < -0.39 is 0 Å². The van der Waals surface area contributed by atoms with Crippen LogP contribution >= 0.6 is 0 Å². The Balaban J connectivity index is 2.26. The van der Waals surface area contributed by atoms with Gasteiger partial charge in [0.25, 0.3) is 0 Å². The summed E-state index contributed by atoms with van der Waals surface area (Å²) >= 11 is 0. The summed E-state index contributed by atoms with van der Waals surface area (Å²) in [7, 11) is 3.00. The average Bonchev–Trinajstić information content (AvgIpc) is 2.84. The Labute approximate surface area is 107 Å². The van der Waals surface area contributed by atoms with Crippen LogP contribution in [0.25, 0.3) is 0 Å². The largest absolute Gasteiger partial charge is 0.490 e. The number of aryl methyl sites for hydroxylation is 2. The molecule has 1 aliphatic rings. The Morgan fingerprint density at radius 3 is 2.56 bits per heavy atom. The molecule has 0 aliphatic heterocycles. The van der Waals surface area contributed by atoms with Gasteiger partial charge in [-0.2, -0.15) is 0 Å². The summed E-state index contributed by atoms with van der Waals surface area (Å²) in [6.45, 7) is 0.928. The molecule has 0 heterocycles. The van der Waals surface area contributed by atoms with Crippen molar-refractivity contribution in [3.63, 3.8) is 0 Å². The molecule has 0 spiro atoms. The van der Waals surface area contributed by atoms with Gasteiger partial charge in [0.2, 0.25) is 0 Å². The summed E-state index contributed by atoms with van der Waals surface area (Å²) in [5.74, 6) is 0.247. The van der Waals surface area contributed by atoms with Crippen molar-refractivity contribution in [2.45, 2.75) is 19.3 Å². The molecule has 0 N–H and O–H groups in total. The van der Waals surface area contributed by atoms with Gasteiger partial charge in [-0.3, -0.25) is 0 Å². The molecule has 1 aromatic rings. The van der Waals surface area contributed by atoms with Gasteiger partial charge in [0.15, 0.2) is 0 Å². The predicted molar refractivity (Wildman–Crippen MR) is 67.2 cm³/mol. The van der Waals surface area contributed by atoms with Crippen LogP contribution in [0.1, 0.15) is 27.9 Å². The normalized spacial score (nSPS) is 13.2. The second-order valence-electron chi connectivity index (χ2n) is 4.30. The minimum absolute atomic E-state index is 0.350. The number of hydrogen-bond acceptors (Lipinski definition) is 4. The number of methoxy groups -OCH3 is 2. The van der Waals surface area contributed by atoms with Gasteiger partial charge in [0.1, 0.15) is 17.9 Å². The fraction of sp³-hybridized carbons (Fsp3) is 0.500. The fourth-order valence-electron chi connectivity index (χ4n) is 2.23. The second kappa shape index (κ2) is 5.87. The smallest absolute Gasteiger partial charge is 0.341 e. The van der Waals surface area contributed by atoms with E-state index in [1.165, 1.54) is 18.2 Å². The molecule has 0 fully saturated rings. The zero-order chi connectivity index (χ0) is 13.0. The van der Waals surface area contributed by atoms with Crippen LogP contribution in [0.4, 0.5) is 0 Å². The minimum atomic E-state index is -0.350. The molecule has 4 heteroatoms. The first-order chi connectivity index (χ1) is 8.76. The zero-order valence-electron chi connectivity index (χ0n) is 10.8. The van der Waals surface area contributed by atoms with Crippen molar-refractivity contribution >= 4 is 5.97 Å². The minimum Gasteiger partial charge on any atom is -0.490 e. The first-order valence-corrected chi connectivity index (χ1v) is 6.12. The van der Waals surface area contributed by atoms with Gasteiger partial charge in [-0.15, -0.1) is 0 Å². The van der Waals surface area contributed by atoms with Crippen LogP contribution < -0.4 is 4.74 Å². The lowest BCUT2D eigenvalue weighted by atomic mass is 10.1. The van der Waals surface area contributed by atoms with E-state index >= 15 is 0 Å². The van der Waals surface area contributed by atoms with E-state index in [2.05, 4.69) is 0 Å². The Bertz CT molecular complexity index is 440. The number of carbonyl (C=O) groups is 1. The molecule has 0 bridgehead atoms. The second-order valence-corrected chi connectivity index (χ2v) is 4.30. The lowest BCUT2D eigenvalue weighted by Gasteiger charge is -2.12. The molecule has 2 rings (SSSR count). The number of hydrogen-bond donors (Lipinski definition) is 0. The van der Waals surface area contributed by atoms with Crippen molar-refractivity contribution in [3.05, 3.63) is 28.8 Å². The van der Waals surface area contributed by atoms with E-state index in [0.29, 0.717) is 24.5 Å². The third-order valence-electron chi connectivity index (χ3n) is 3.14.